The number of fused-ring (bicyclic) bond motifs is 1. The van der Waals surface area contributed by atoms with Gasteiger partial charge in [-0.05, 0) is 25.1 Å². The average Bonchev–Trinajstić information content (AvgIpc) is 2.65. The molecule has 0 aliphatic carbocycles. The first kappa shape index (κ1) is 17.4. The Balaban J connectivity index is 1.88. The first-order valence-corrected chi connectivity index (χ1v) is 7.86. The minimum absolute atomic E-state index is 0.156. The van der Waals surface area contributed by atoms with Crippen molar-refractivity contribution in [2.24, 2.45) is 5.16 Å². The number of nitro groups is 1. The van der Waals surface area contributed by atoms with Crippen molar-refractivity contribution in [2.45, 2.75) is 19.4 Å². The van der Waals surface area contributed by atoms with E-state index in [0.29, 0.717) is 29.2 Å². The van der Waals surface area contributed by atoms with E-state index in [1.54, 1.807) is 25.3 Å². The molecule has 1 aliphatic rings. The predicted octanol–water partition coefficient (Wildman–Crippen LogP) is 3.34. The number of methoxy groups -OCH3 is 1. The van der Waals surface area contributed by atoms with Crippen LogP contribution in [0.4, 0.5) is 5.69 Å². The molecule has 0 N–H and O–H groups in total. The molecule has 0 fully saturated rings. The van der Waals surface area contributed by atoms with Crippen LogP contribution in [0.15, 0.2) is 47.6 Å². The van der Waals surface area contributed by atoms with E-state index in [4.69, 9.17) is 14.3 Å². The van der Waals surface area contributed by atoms with Gasteiger partial charge in [0.2, 0.25) is 0 Å². The summed E-state index contributed by atoms with van der Waals surface area (Å²) in [7, 11) is 1.55. The third kappa shape index (κ3) is 3.49. The monoisotopic (exact) mass is 356 g/mol. The number of carbonyl (C=O) groups excluding carboxylic acids is 1. The second-order valence-electron chi connectivity index (χ2n) is 5.69. The van der Waals surface area contributed by atoms with Gasteiger partial charge in [0, 0.05) is 24.1 Å². The maximum atomic E-state index is 12.2. The third-order valence-electron chi connectivity index (χ3n) is 3.87. The van der Waals surface area contributed by atoms with E-state index in [9.17, 15) is 14.9 Å². The van der Waals surface area contributed by atoms with E-state index in [1.807, 2.05) is 6.92 Å². The van der Waals surface area contributed by atoms with Gasteiger partial charge in [0.25, 0.3) is 5.69 Å². The standard InChI is InChI=1S/C18H16N2O6/c1-11-9-15(13-8-7-12(24-2)10-17(13)25-11)19-26-18(21)14-5-3-4-6-16(14)20(22)23/h3-8,10-11H,9H2,1-2H3/b19-15-. The second-order valence-corrected chi connectivity index (χ2v) is 5.69. The molecule has 1 atom stereocenters. The molecule has 0 aromatic heterocycles. The van der Waals surface area contributed by atoms with Gasteiger partial charge in [0.15, 0.2) is 0 Å². The Morgan fingerprint density at radius 2 is 2.08 bits per heavy atom. The summed E-state index contributed by atoms with van der Waals surface area (Å²) in [6.07, 6.45) is 0.266. The molecule has 0 bridgehead atoms. The van der Waals surface area contributed by atoms with Crippen molar-refractivity contribution in [3.8, 4) is 11.5 Å². The molecule has 0 spiro atoms. The fourth-order valence-corrected chi connectivity index (χ4v) is 2.64. The number of hydrogen-bond acceptors (Lipinski definition) is 7. The van der Waals surface area contributed by atoms with Crippen LogP contribution in [0, 0.1) is 10.1 Å². The van der Waals surface area contributed by atoms with Gasteiger partial charge in [-0.25, -0.2) is 4.79 Å². The normalized spacial score (nSPS) is 17.2. The molecule has 0 saturated heterocycles. The summed E-state index contributed by atoms with van der Waals surface area (Å²) < 4.78 is 10.9. The summed E-state index contributed by atoms with van der Waals surface area (Å²) in [5, 5.41) is 15.0. The summed E-state index contributed by atoms with van der Waals surface area (Å²) in [6.45, 7) is 1.86. The molecule has 0 saturated carbocycles. The molecule has 1 unspecified atom stereocenters. The lowest BCUT2D eigenvalue weighted by atomic mass is 10.0. The quantitative estimate of drug-likeness (QED) is 0.473. The van der Waals surface area contributed by atoms with Gasteiger partial charge in [-0.15, -0.1) is 0 Å². The third-order valence-corrected chi connectivity index (χ3v) is 3.87. The van der Waals surface area contributed by atoms with Crippen LogP contribution in [-0.4, -0.2) is 29.8 Å². The van der Waals surface area contributed by atoms with Gasteiger partial charge in [-0.1, -0.05) is 17.3 Å². The lowest BCUT2D eigenvalue weighted by molar-refractivity contribution is -0.385. The largest absolute Gasteiger partial charge is 0.497 e. The predicted molar refractivity (Wildman–Crippen MR) is 92.7 cm³/mol. The number of hydrogen-bond donors (Lipinski definition) is 0. The van der Waals surface area contributed by atoms with Crippen LogP contribution in [0.25, 0.3) is 0 Å². The lowest BCUT2D eigenvalue weighted by Gasteiger charge is -2.24. The first-order valence-electron chi connectivity index (χ1n) is 7.86. The fraction of sp³-hybridized carbons (Fsp3) is 0.222. The van der Waals surface area contributed by atoms with E-state index in [1.165, 1.54) is 24.3 Å². The summed E-state index contributed by atoms with van der Waals surface area (Å²) >= 11 is 0. The van der Waals surface area contributed by atoms with Crippen molar-refractivity contribution in [2.75, 3.05) is 7.11 Å². The van der Waals surface area contributed by atoms with Gasteiger partial charge in [0.1, 0.15) is 23.2 Å². The number of nitro benzene ring substituents is 1. The molecule has 0 radical (unpaired) electrons. The Labute approximate surface area is 149 Å². The minimum atomic E-state index is -0.890. The maximum Gasteiger partial charge on any atom is 0.372 e. The Morgan fingerprint density at radius 3 is 2.81 bits per heavy atom. The van der Waals surface area contributed by atoms with Crippen molar-refractivity contribution < 1.29 is 24.0 Å². The summed E-state index contributed by atoms with van der Waals surface area (Å²) in [5.41, 5.74) is 0.715. The number of rotatable bonds is 4. The van der Waals surface area contributed by atoms with Crippen LogP contribution >= 0.6 is 0 Å². The van der Waals surface area contributed by atoms with Gasteiger partial charge < -0.3 is 14.3 Å². The number of oxime groups is 1. The van der Waals surface area contributed by atoms with Crippen molar-refractivity contribution in [3.63, 3.8) is 0 Å². The fourth-order valence-electron chi connectivity index (χ4n) is 2.64. The molecule has 8 heteroatoms. The van der Waals surface area contributed by atoms with Crippen LogP contribution in [0.2, 0.25) is 0 Å². The molecule has 2 aromatic carbocycles. The molecule has 2 aromatic rings. The van der Waals surface area contributed by atoms with Crippen LogP contribution < -0.4 is 9.47 Å². The van der Waals surface area contributed by atoms with Crippen LogP contribution in [0.1, 0.15) is 29.3 Å². The molecule has 1 aliphatic heterocycles. The van der Waals surface area contributed by atoms with Gasteiger partial charge in [-0.2, -0.15) is 0 Å². The van der Waals surface area contributed by atoms with Crippen molar-refractivity contribution in [3.05, 3.63) is 63.7 Å². The van der Waals surface area contributed by atoms with Crippen molar-refractivity contribution >= 4 is 17.4 Å². The molecule has 3 rings (SSSR count). The van der Waals surface area contributed by atoms with Gasteiger partial charge >= 0.3 is 5.97 Å². The highest BCUT2D eigenvalue weighted by molar-refractivity contribution is 6.04. The van der Waals surface area contributed by atoms with E-state index in [-0.39, 0.29) is 17.4 Å². The Kier molecular flexibility index (Phi) is 4.83. The van der Waals surface area contributed by atoms with Gasteiger partial charge in [0.05, 0.1) is 17.7 Å². The summed E-state index contributed by atoms with van der Waals surface area (Å²) in [6, 6.07) is 10.8. The number of para-hydroxylation sites is 1. The van der Waals surface area contributed by atoms with E-state index in [2.05, 4.69) is 5.16 Å². The SMILES string of the molecule is COc1ccc2c(c1)OC(C)C/C2=N/OC(=O)c1ccccc1[N+](=O)[O-]. The summed E-state index contributed by atoms with van der Waals surface area (Å²) in [4.78, 5) is 27.6. The van der Waals surface area contributed by atoms with E-state index >= 15 is 0 Å². The zero-order valence-electron chi connectivity index (χ0n) is 14.2. The highest BCUT2D eigenvalue weighted by atomic mass is 16.7. The number of benzene rings is 2. The maximum absolute atomic E-state index is 12.2. The smallest absolute Gasteiger partial charge is 0.372 e. The molecule has 0 amide bonds. The minimum Gasteiger partial charge on any atom is -0.497 e. The van der Waals surface area contributed by atoms with Crippen molar-refractivity contribution in [1.82, 2.24) is 0 Å². The van der Waals surface area contributed by atoms with Crippen LogP contribution in [-0.2, 0) is 4.84 Å². The topological polar surface area (TPSA) is 100 Å². The molecular formula is C18H16N2O6. The Hall–Kier alpha value is -3.42. The molecule has 8 nitrogen and oxygen atoms in total. The molecule has 134 valence electrons. The Bertz CT molecular complexity index is 893. The Morgan fingerprint density at radius 1 is 1.31 bits per heavy atom. The lowest BCUT2D eigenvalue weighted by Crippen LogP contribution is -2.25. The average molecular weight is 356 g/mol. The number of nitrogens with zero attached hydrogens (tertiary/aromatic N) is 2. The second kappa shape index (κ2) is 7.22. The highest BCUT2D eigenvalue weighted by Gasteiger charge is 2.25. The van der Waals surface area contributed by atoms with Gasteiger partial charge in [-0.3, -0.25) is 10.1 Å². The first-order chi connectivity index (χ1) is 12.5. The zero-order chi connectivity index (χ0) is 18.7. The van der Waals surface area contributed by atoms with E-state index in [0.717, 1.165) is 0 Å². The highest BCUT2D eigenvalue weighted by Crippen LogP contribution is 2.32. The van der Waals surface area contributed by atoms with E-state index < -0.39 is 10.9 Å². The molecular weight excluding hydrogens is 340 g/mol. The molecule has 26 heavy (non-hydrogen) atoms. The number of ether oxygens (including phenoxy) is 2. The zero-order valence-corrected chi connectivity index (χ0v) is 14.2. The summed E-state index contributed by atoms with van der Waals surface area (Å²) in [5.74, 6) is 0.316. The number of carbonyl (C=O) groups is 1. The van der Waals surface area contributed by atoms with Crippen molar-refractivity contribution in [1.29, 1.82) is 0 Å². The molecule has 1 heterocycles. The van der Waals surface area contributed by atoms with Crippen LogP contribution in [0.3, 0.4) is 0 Å². The van der Waals surface area contributed by atoms with Crippen LogP contribution in [0.5, 0.6) is 11.5 Å².